The van der Waals surface area contributed by atoms with Crippen molar-refractivity contribution in [2.45, 2.75) is 103 Å². The average molecular weight is 423 g/mol. The maximum absolute atomic E-state index is 12.1. The van der Waals surface area contributed by atoms with E-state index in [1.54, 1.807) is 0 Å². The summed E-state index contributed by atoms with van der Waals surface area (Å²) < 4.78 is 5.93. The van der Waals surface area contributed by atoms with Crippen LogP contribution in [0.5, 0.6) is 0 Å². The fourth-order valence-corrected chi connectivity index (χ4v) is 4.03. The maximum Gasteiger partial charge on any atom is 0.306 e. The molecular formula is C21H45NO5P+. The van der Waals surface area contributed by atoms with Gasteiger partial charge in [0.05, 0.1) is 21.1 Å². The van der Waals surface area contributed by atoms with Crippen LogP contribution in [-0.2, 0) is 9.53 Å². The number of ether oxygens (including phenoxy) is 1. The van der Waals surface area contributed by atoms with Gasteiger partial charge in [-0.25, -0.2) is 9.79 Å². The molecule has 168 valence electrons. The number of carbonyl (C=O) groups is 1. The molecule has 2 N–H and O–H groups in total. The van der Waals surface area contributed by atoms with Crippen molar-refractivity contribution >= 4 is 13.9 Å². The molecule has 0 aromatic carbocycles. The molecule has 0 radical (unpaired) electrons. The van der Waals surface area contributed by atoms with E-state index in [0.717, 1.165) is 19.3 Å². The zero-order valence-corrected chi connectivity index (χ0v) is 19.8. The second kappa shape index (κ2) is 14.7. The number of hydrogen-bond donors (Lipinski definition) is 2. The number of esters is 1. The number of likely N-dealkylation sites (N-methyl/N-ethyl adjacent to an activating group) is 1. The highest BCUT2D eigenvalue weighted by Gasteiger charge is 2.38. The minimum absolute atomic E-state index is 0.200. The quantitative estimate of drug-likeness (QED) is 0.161. The minimum Gasteiger partial charge on any atom is -0.632 e. The molecule has 2 atom stereocenters. The molecule has 0 amide bonds. The molecule has 0 aliphatic carbocycles. The summed E-state index contributed by atoms with van der Waals surface area (Å²) in [4.78, 5) is 42.2. The van der Waals surface area contributed by atoms with Crippen LogP contribution >= 0.6 is 7.94 Å². The molecular weight excluding hydrogens is 377 g/mol. The van der Waals surface area contributed by atoms with E-state index in [1.807, 2.05) is 28.1 Å². The average Bonchev–Trinajstić information content (AvgIpc) is 2.56. The molecule has 0 unspecified atom stereocenters. The highest BCUT2D eigenvalue weighted by atomic mass is 31.2. The number of unbranched alkanes of at least 4 members (excludes halogenated alkanes) is 10. The standard InChI is InChI=1S/C21H44NO5P/c1-6-7-8-9-10-11-12-13-14-15-16-17-21(23)27-20(18-28(24,25)26)19(2)22(3,4)5/h19-20H,6-18H2,1-5H3,(H-,24,25,26)/p+1/t19-,20-/m1/s1. The molecule has 0 saturated heterocycles. The highest BCUT2D eigenvalue weighted by molar-refractivity contribution is 7.57. The van der Waals surface area contributed by atoms with Crippen LogP contribution in [0.2, 0.25) is 0 Å². The highest BCUT2D eigenvalue weighted by Crippen LogP contribution is 2.41. The molecule has 6 nitrogen and oxygen atoms in total. The Kier molecular flexibility index (Phi) is 14.5. The van der Waals surface area contributed by atoms with Gasteiger partial charge in [-0.3, -0.25) is 4.79 Å². The van der Waals surface area contributed by atoms with E-state index < -0.39 is 20.2 Å². The molecule has 0 spiro atoms. The third kappa shape index (κ3) is 15.6. The van der Waals surface area contributed by atoms with E-state index in [-0.39, 0.29) is 12.0 Å². The predicted molar refractivity (Wildman–Crippen MR) is 115 cm³/mol. The lowest BCUT2D eigenvalue weighted by Gasteiger charge is -2.36. The smallest absolute Gasteiger partial charge is 0.306 e. The zero-order chi connectivity index (χ0) is 21.6. The van der Waals surface area contributed by atoms with Crippen LogP contribution in [0.4, 0.5) is 0 Å². The first-order chi connectivity index (χ1) is 13.0. The van der Waals surface area contributed by atoms with E-state index in [4.69, 9.17) is 4.74 Å². The first kappa shape index (κ1) is 27.7. The predicted octanol–water partition coefficient (Wildman–Crippen LogP) is 3.80. The van der Waals surface area contributed by atoms with Gasteiger partial charge in [-0.2, -0.15) is 0 Å². The second-order valence-electron chi connectivity index (χ2n) is 9.02. The minimum atomic E-state index is -4.25. The van der Waals surface area contributed by atoms with Crippen LogP contribution in [0.3, 0.4) is 0 Å². The molecule has 0 bridgehead atoms. The normalized spacial score (nSPS) is 14.7. The first-order valence-electron chi connectivity index (χ1n) is 11.0. The lowest BCUT2D eigenvalue weighted by molar-refractivity contribution is -0.897. The van der Waals surface area contributed by atoms with Crippen molar-refractivity contribution in [1.29, 1.82) is 0 Å². The Hall–Kier alpha value is -0.260. The van der Waals surface area contributed by atoms with Gasteiger partial charge in [-0.1, -0.05) is 71.1 Å². The van der Waals surface area contributed by atoms with Gasteiger partial charge in [0.25, 0.3) is 0 Å². The van der Waals surface area contributed by atoms with Crippen LogP contribution in [0, 0.1) is 0 Å². The van der Waals surface area contributed by atoms with Gasteiger partial charge < -0.3 is 14.1 Å². The summed E-state index contributed by atoms with van der Waals surface area (Å²) in [7, 11) is 1.53. The number of hydrogen-bond acceptors (Lipinski definition) is 5. The Morgan fingerprint density at radius 1 is 0.929 bits per heavy atom. The van der Waals surface area contributed by atoms with Gasteiger partial charge in [0, 0.05) is 6.42 Å². The fraction of sp³-hybridized carbons (Fsp3) is 0.952. The number of rotatable bonds is 17. The van der Waals surface area contributed by atoms with E-state index in [9.17, 15) is 19.5 Å². The SMILES string of the molecule is CCCCCCCCCCCCCC(=O)O[C@H](C[P+]([O-])(O)O)[C@@H](C)[N+](C)(C)C. The van der Waals surface area contributed by atoms with Gasteiger partial charge in [-0.05, 0) is 13.3 Å². The zero-order valence-electron chi connectivity index (χ0n) is 18.9. The van der Waals surface area contributed by atoms with Crippen LogP contribution < -0.4 is 4.89 Å². The molecule has 28 heavy (non-hydrogen) atoms. The Balaban J connectivity index is 4.00. The van der Waals surface area contributed by atoms with Gasteiger partial charge >= 0.3 is 5.97 Å². The summed E-state index contributed by atoms with van der Waals surface area (Å²) in [6.07, 6.45) is 12.5. The van der Waals surface area contributed by atoms with Crippen molar-refractivity contribution < 1.29 is 28.7 Å². The number of nitrogens with zero attached hydrogens (tertiary/aromatic N) is 1. The summed E-state index contributed by atoms with van der Waals surface area (Å²) >= 11 is 0. The number of carbonyl (C=O) groups excluding carboxylic acids is 1. The van der Waals surface area contributed by atoms with Crippen molar-refractivity contribution in [3.63, 3.8) is 0 Å². The Bertz CT molecular complexity index is 407. The van der Waals surface area contributed by atoms with Crippen LogP contribution in [0.25, 0.3) is 0 Å². The topological polar surface area (TPSA) is 89.8 Å². The van der Waals surface area contributed by atoms with Crippen molar-refractivity contribution in [3.8, 4) is 0 Å². The van der Waals surface area contributed by atoms with Gasteiger partial charge in [0.2, 0.25) is 7.94 Å². The summed E-state index contributed by atoms with van der Waals surface area (Å²) in [5.74, 6) is -0.352. The monoisotopic (exact) mass is 422 g/mol. The lowest BCUT2D eigenvalue weighted by atomic mass is 10.1. The summed E-state index contributed by atoms with van der Waals surface area (Å²) in [6.45, 7) is 4.09. The fourth-order valence-electron chi connectivity index (χ4n) is 3.18. The van der Waals surface area contributed by atoms with Crippen LogP contribution in [0.1, 0.15) is 90.9 Å². The molecule has 0 rings (SSSR count). The largest absolute Gasteiger partial charge is 0.632 e. The maximum atomic E-state index is 12.1. The summed E-state index contributed by atoms with van der Waals surface area (Å²) in [5.41, 5.74) is 0. The van der Waals surface area contributed by atoms with E-state index in [1.165, 1.54) is 51.4 Å². The Labute approximate surface area is 173 Å². The van der Waals surface area contributed by atoms with Crippen molar-refractivity contribution in [1.82, 2.24) is 0 Å². The third-order valence-electron chi connectivity index (χ3n) is 5.44. The molecule has 0 heterocycles. The van der Waals surface area contributed by atoms with Gasteiger partial charge in [0.1, 0.15) is 6.04 Å². The van der Waals surface area contributed by atoms with E-state index in [2.05, 4.69) is 6.92 Å². The van der Waals surface area contributed by atoms with Crippen LogP contribution in [0.15, 0.2) is 0 Å². The molecule has 0 aliphatic heterocycles. The Morgan fingerprint density at radius 3 is 1.75 bits per heavy atom. The summed E-state index contributed by atoms with van der Waals surface area (Å²) in [6, 6.07) is -0.200. The molecule has 7 heteroatoms. The van der Waals surface area contributed by atoms with Crippen molar-refractivity contribution in [3.05, 3.63) is 0 Å². The Morgan fingerprint density at radius 2 is 1.36 bits per heavy atom. The second-order valence-corrected chi connectivity index (χ2v) is 10.7. The van der Waals surface area contributed by atoms with Gasteiger partial charge in [-0.15, -0.1) is 0 Å². The molecule has 0 aromatic rings. The number of quaternary nitrogens is 1. The summed E-state index contributed by atoms with van der Waals surface area (Å²) in [5, 5.41) is 0. The lowest BCUT2D eigenvalue weighted by Crippen LogP contribution is -2.53. The van der Waals surface area contributed by atoms with Crippen LogP contribution in [-0.4, -0.2) is 59.7 Å². The molecule has 0 aromatic heterocycles. The third-order valence-corrected chi connectivity index (χ3v) is 6.28. The van der Waals surface area contributed by atoms with E-state index in [0.29, 0.717) is 10.9 Å². The van der Waals surface area contributed by atoms with Crippen molar-refractivity contribution in [2.24, 2.45) is 0 Å². The van der Waals surface area contributed by atoms with Gasteiger partial charge in [0.15, 0.2) is 12.3 Å². The molecule has 0 aliphatic rings. The van der Waals surface area contributed by atoms with E-state index >= 15 is 0 Å². The molecule has 0 saturated carbocycles. The molecule has 0 fully saturated rings. The van der Waals surface area contributed by atoms with Crippen molar-refractivity contribution in [2.75, 3.05) is 27.3 Å². The first-order valence-corrected chi connectivity index (χ1v) is 12.8.